The number of hydrogen-bond donors (Lipinski definition) is 2. The molecule has 3 rings (SSSR count). The molecule has 0 saturated carbocycles. The van der Waals surface area contributed by atoms with E-state index in [4.69, 9.17) is 0 Å². The molecular weight excluding hydrogens is 350 g/mol. The van der Waals surface area contributed by atoms with Crippen LogP contribution in [0.15, 0.2) is 59.7 Å². The van der Waals surface area contributed by atoms with Gasteiger partial charge in [0.1, 0.15) is 5.82 Å². The van der Waals surface area contributed by atoms with Crippen LogP contribution in [-0.2, 0) is 4.79 Å². The number of carbonyl (C=O) groups is 1. The molecule has 1 aromatic carbocycles. The molecule has 6 heteroatoms. The first-order valence-electron chi connectivity index (χ1n) is 9.58. The van der Waals surface area contributed by atoms with Crippen molar-refractivity contribution in [1.29, 1.82) is 0 Å². The molecule has 6 nitrogen and oxygen atoms in total. The molecule has 2 aromatic rings. The second kappa shape index (κ2) is 9.69. The summed E-state index contributed by atoms with van der Waals surface area (Å²) in [6.07, 6.45) is 5.32. The van der Waals surface area contributed by atoms with E-state index < -0.39 is 0 Å². The molecule has 0 fully saturated rings. The summed E-state index contributed by atoms with van der Waals surface area (Å²) in [4.78, 5) is 22.8. The molecule has 1 aliphatic rings. The number of anilines is 1. The van der Waals surface area contributed by atoms with Gasteiger partial charge in [-0.1, -0.05) is 42.5 Å². The van der Waals surface area contributed by atoms with Crippen LogP contribution < -0.4 is 10.6 Å². The number of benzene rings is 1. The van der Waals surface area contributed by atoms with Gasteiger partial charge in [0.05, 0.1) is 0 Å². The molecule has 0 saturated heterocycles. The maximum Gasteiger partial charge on any atom is 0.227 e. The van der Waals surface area contributed by atoms with Gasteiger partial charge in [0.15, 0.2) is 5.96 Å². The Morgan fingerprint density at radius 2 is 2.04 bits per heavy atom. The molecule has 2 heterocycles. The van der Waals surface area contributed by atoms with E-state index in [2.05, 4.69) is 55.9 Å². The van der Waals surface area contributed by atoms with E-state index in [1.807, 2.05) is 25.1 Å². The number of aromatic nitrogens is 1. The van der Waals surface area contributed by atoms with Crippen molar-refractivity contribution in [3.63, 3.8) is 0 Å². The molecule has 0 radical (unpaired) electrons. The smallest absolute Gasteiger partial charge is 0.227 e. The monoisotopic (exact) mass is 377 g/mol. The predicted molar refractivity (Wildman–Crippen MR) is 114 cm³/mol. The van der Waals surface area contributed by atoms with Crippen molar-refractivity contribution in [2.24, 2.45) is 4.99 Å². The lowest BCUT2D eigenvalue weighted by Crippen LogP contribution is -2.44. The molecule has 146 valence electrons. The van der Waals surface area contributed by atoms with Crippen LogP contribution in [0.1, 0.15) is 24.0 Å². The van der Waals surface area contributed by atoms with Gasteiger partial charge in [-0.25, -0.2) is 4.98 Å². The van der Waals surface area contributed by atoms with Gasteiger partial charge >= 0.3 is 0 Å². The van der Waals surface area contributed by atoms with Crippen molar-refractivity contribution in [2.45, 2.75) is 19.8 Å². The Morgan fingerprint density at radius 1 is 1.21 bits per heavy atom. The van der Waals surface area contributed by atoms with Crippen LogP contribution in [0, 0.1) is 6.92 Å². The summed E-state index contributed by atoms with van der Waals surface area (Å²) in [5, 5.41) is 6.10. The van der Waals surface area contributed by atoms with Crippen molar-refractivity contribution in [3.8, 4) is 0 Å². The Kier molecular flexibility index (Phi) is 6.78. The van der Waals surface area contributed by atoms with E-state index >= 15 is 0 Å². The Hall–Kier alpha value is -3.15. The number of nitrogens with zero attached hydrogens (tertiary/aromatic N) is 3. The lowest BCUT2D eigenvalue weighted by Gasteiger charge is -2.29. The third-order valence-corrected chi connectivity index (χ3v) is 4.68. The van der Waals surface area contributed by atoms with Gasteiger partial charge in [-0.2, -0.15) is 0 Å². The Morgan fingerprint density at radius 3 is 2.68 bits per heavy atom. The second-order valence-corrected chi connectivity index (χ2v) is 6.78. The quantitative estimate of drug-likeness (QED) is 0.621. The summed E-state index contributed by atoms with van der Waals surface area (Å²) in [7, 11) is 1.77. The van der Waals surface area contributed by atoms with Gasteiger partial charge < -0.3 is 15.5 Å². The molecule has 28 heavy (non-hydrogen) atoms. The maximum atomic E-state index is 12.1. The molecule has 0 spiro atoms. The zero-order valence-electron chi connectivity index (χ0n) is 16.5. The van der Waals surface area contributed by atoms with Crippen LogP contribution in [0.4, 0.5) is 5.82 Å². The van der Waals surface area contributed by atoms with Crippen LogP contribution in [0.2, 0.25) is 0 Å². The van der Waals surface area contributed by atoms with Gasteiger partial charge in [-0.05, 0) is 36.1 Å². The topological polar surface area (TPSA) is 69.6 Å². The normalized spacial score (nSPS) is 14.4. The van der Waals surface area contributed by atoms with Crippen molar-refractivity contribution < 1.29 is 4.79 Å². The lowest BCUT2D eigenvalue weighted by atomic mass is 10.00. The number of aryl methyl sites for hydroxylation is 1. The number of rotatable bonds is 5. The number of hydrogen-bond acceptors (Lipinski definition) is 3. The molecule has 0 unspecified atom stereocenters. The summed E-state index contributed by atoms with van der Waals surface area (Å²) in [6, 6.07) is 14.2. The zero-order valence-corrected chi connectivity index (χ0v) is 16.5. The highest BCUT2D eigenvalue weighted by atomic mass is 16.1. The molecule has 0 aliphatic carbocycles. The lowest BCUT2D eigenvalue weighted by molar-refractivity contribution is -0.116. The fraction of sp³-hybridized carbons (Fsp3) is 0.318. The Labute approximate surface area is 166 Å². The second-order valence-electron chi connectivity index (χ2n) is 6.78. The molecule has 0 atom stereocenters. The van der Waals surface area contributed by atoms with E-state index in [0.717, 1.165) is 31.0 Å². The summed E-state index contributed by atoms with van der Waals surface area (Å²) in [5.74, 6) is 1.34. The van der Waals surface area contributed by atoms with Crippen LogP contribution in [0.25, 0.3) is 5.57 Å². The highest BCUT2D eigenvalue weighted by molar-refractivity contribution is 5.90. The Bertz CT molecular complexity index is 843. The summed E-state index contributed by atoms with van der Waals surface area (Å²) in [6.45, 7) is 4.20. The molecule has 0 bridgehead atoms. The summed E-state index contributed by atoms with van der Waals surface area (Å²) in [5.41, 5.74) is 3.72. The number of carbonyl (C=O) groups excluding carboxylic acids is 1. The number of guanidine groups is 1. The predicted octanol–water partition coefficient (Wildman–Crippen LogP) is 3.08. The zero-order chi connectivity index (χ0) is 19.8. The van der Waals surface area contributed by atoms with E-state index in [-0.39, 0.29) is 5.91 Å². The SMILES string of the molecule is CN=C(NCCC(=O)Nc1ccc(C)cn1)N1CC=C(c2ccccc2)CC1. The highest BCUT2D eigenvalue weighted by Crippen LogP contribution is 2.21. The van der Waals surface area contributed by atoms with Crippen LogP contribution in [0.3, 0.4) is 0 Å². The maximum absolute atomic E-state index is 12.1. The fourth-order valence-electron chi connectivity index (χ4n) is 3.14. The number of aliphatic imine (C=N–C) groups is 1. The van der Waals surface area contributed by atoms with Crippen molar-refractivity contribution in [1.82, 2.24) is 15.2 Å². The van der Waals surface area contributed by atoms with Gasteiger partial charge in [-0.15, -0.1) is 0 Å². The van der Waals surface area contributed by atoms with Gasteiger partial charge in [0.25, 0.3) is 0 Å². The summed E-state index contributed by atoms with van der Waals surface area (Å²) < 4.78 is 0. The number of nitrogens with one attached hydrogen (secondary N) is 2. The van der Waals surface area contributed by atoms with Crippen molar-refractivity contribution in [2.75, 3.05) is 32.0 Å². The minimum atomic E-state index is -0.0655. The fourth-order valence-corrected chi connectivity index (χ4v) is 3.14. The Balaban J connectivity index is 1.45. The average molecular weight is 377 g/mol. The van der Waals surface area contributed by atoms with E-state index in [9.17, 15) is 4.79 Å². The van der Waals surface area contributed by atoms with Crippen LogP contribution in [-0.4, -0.2) is 48.4 Å². The van der Waals surface area contributed by atoms with Gasteiger partial charge in [0.2, 0.25) is 5.91 Å². The largest absolute Gasteiger partial charge is 0.356 e. The molecular formula is C22H27N5O. The van der Waals surface area contributed by atoms with E-state index in [1.165, 1.54) is 11.1 Å². The van der Waals surface area contributed by atoms with E-state index in [0.29, 0.717) is 18.8 Å². The van der Waals surface area contributed by atoms with Gasteiger partial charge in [0, 0.05) is 39.3 Å². The summed E-state index contributed by atoms with van der Waals surface area (Å²) >= 11 is 0. The number of amides is 1. The molecule has 2 N–H and O–H groups in total. The minimum absolute atomic E-state index is 0.0655. The van der Waals surface area contributed by atoms with E-state index in [1.54, 1.807) is 13.2 Å². The van der Waals surface area contributed by atoms with Crippen LogP contribution >= 0.6 is 0 Å². The molecule has 1 amide bonds. The average Bonchev–Trinajstić information content (AvgIpc) is 2.74. The first kappa shape index (κ1) is 19.6. The van der Waals surface area contributed by atoms with Gasteiger partial charge in [-0.3, -0.25) is 9.79 Å². The van der Waals surface area contributed by atoms with Crippen molar-refractivity contribution >= 4 is 23.3 Å². The molecule has 1 aromatic heterocycles. The first-order chi connectivity index (χ1) is 13.7. The third kappa shape index (κ3) is 5.42. The number of pyridine rings is 1. The minimum Gasteiger partial charge on any atom is -0.356 e. The van der Waals surface area contributed by atoms with Crippen LogP contribution in [0.5, 0.6) is 0 Å². The third-order valence-electron chi connectivity index (χ3n) is 4.68. The first-order valence-corrected chi connectivity index (χ1v) is 9.58. The standard InChI is InChI=1S/C22H27N5O/c1-17-8-9-20(25-16-17)26-21(28)10-13-24-22(23-2)27-14-11-19(12-15-27)18-6-4-3-5-7-18/h3-9,11,16H,10,12-15H2,1-2H3,(H,23,24)(H,25,26,28). The highest BCUT2D eigenvalue weighted by Gasteiger charge is 2.16. The molecule has 1 aliphatic heterocycles. The van der Waals surface area contributed by atoms with Crippen molar-refractivity contribution in [3.05, 3.63) is 65.9 Å².